The van der Waals surface area contributed by atoms with Crippen LogP contribution in [-0.2, 0) is 13.0 Å². The van der Waals surface area contributed by atoms with Crippen LogP contribution < -0.4 is 0 Å². The maximum atomic E-state index is 11.4. The summed E-state index contributed by atoms with van der Waals surface area (Å²) in [5, 5.41) is 13.8. The minimum absolute atomic E-state index is 0.264. The van der Waals surface area contributed by atoms with E-state index in [2.05, 4.69) is 5.10 Å². The molecule has 0 amide bonds. The summed E-state index contributed by atoms with van der Waals surface area (Å²) >= 11 is 0. The van der Waals surface area contributed by atoms with Gasteiger partial charge in [0.2, 0.25) is 0 Å². The Bertz CT molecular complexity index is 764. The highest BCUT2D eigenvalue weighted by atomic mass is 16.4. The highest BCUT2D eigenvalue weighted by Gasteiger charge is 2.15. The van der Waals surface area contributed by atoms with Crippen LogP contribution in [0.4, 0.5) is 0 Å². The van der Waals surface area contributed by atoms with Gasteiger partial charge in [0.25, 0.3) is 0 Å². The summed E-state index contributed by atoms with van der Waals surface area (Å²) in [5.74, 6) is -0.940. The molecular formula is C18H16N2O2. The lowest BCUT2D eigenvalue weighted by Gasteiger charge is -2.01. The zero-order valence-corrected chi connectivity index (χ0v) is 12.0. The SMILES string of the molecule is O=C(O)c1cn(Cc2ccccc2)nc1Cc1ccccc1. The predicted octanol–water partition coefficient (Wildman–Crippen LogP) is 3.22. The number of rotatable bonds is 5. The summed E-state index contributed by atoms with van der Waals surface area (Å²) in [5.41, 5.74) is 3.00. The van der Waals surface area contributed by atoms with Gasteiger partial charge in [-0.15, -0.1) is 0 Å². The van der Waals surface area contributed by atoms with Crippen molar-refractivity contribution in [1.82, 2.24) is 9.78 Å². The van der Waals surface area contributed by atoms with Gasteiger partial charge in [0.15, 0.2) is 0 Å². The number of aromatic carboxylic acids is 1. The number of carboxylic acids is 1. The van der Waals surface area contributed by atoms with E-state index in [0.717, 1.165) is 11.1 Å². The van der Waals surface area contributed by atoms with Crippen molar-refractivity contribution in [3.05, 3.63) is 89.2 Å². The van der Waals surface area contributed by atoms with Gasteiger partial charge in [-0.3, -0.25) is 4.68 Å². The molecule has 0 unspecified atom stereocenters. The minimum atomic E-state index is -0.940. The quantitative estimate of drug-likeness (QED) is 0.785. The van der Waals surface area contributed by atoms with Crippen molar-refractivity contribution < 1.29 is 9.90 Å². The summed E-state index contributed by atoms with van der Waals surface area (Å²) in [7, 11) is 0. The second kappa shape index (κ2) is 6.26. The highest BCUT2D eigenvalue weighted by Crippen LogP contribution is 2.14. The van der Waals surface area contributed by atoms with Crippen LogP contribution in [0.15, 0.2) is 66.9 Å². The minimum Gasteiger partial charge on any atom is -0.478 e. The molecule has 3 rings (SSSR count). The molecule has 22 heavy (non-hydrogen) atoms. The lowest BCUT2D eigenvalue weighted by Crippen LogP contribution is -2.01. The fourth-order valence-electron chi connectivity index (χ4n) is 2.41. The van der Waals surface area contributed by atoms with Crippen molar-refractivity contribution in [1.29, 1.82) is 0 Å². The molecule has 0 saturated heterocycles. The normalized spacial score (nSPS) is 10.5. The van der Waals surface area contributed by atoms with Gasteiger partial charge in [-0.25, -0.2) is 4.79 Å². The molecule has 0 fully saturated rings. The first kappa shape index (κ1) is 14.1. The second-order valence-corrected chi connectivity index (χ2v) is 5.14. The average Bonchev–Trinajstić information content (AvgIpc) is 2.92. The number of hydrogen-bond acceptors (Lipinski definition) is 2. The van der Waals surface area contributed by atoms with E-state index in [1.54, 1.807) is 10.9 Å². The summed E-state index contributed by atoms with van der Waals surface area (Å²) < 4.78 is 1.69. The monoisotopic (exact) mass is 292 g/mol. The van der Waals surface area contributed by atoms with Gasteiger partial charge in [-0.2, -0.15) is 5.10 Å². The third-order valence-electron chi connectivity index (χ3n) is 3.47. The number of carboxylic acid groups (broad SMARTS) is 1. The number of aromatic nitrogens is 2. The Balaban J connectivity index is 1.87. The van der Waals surface area contributed by atoms with Gasteiger partial charge in [-0.1, -0.05) is 60.7 Å². The Morgan fingerprint density at radius 2 is 1.55 bits per heavy atom. The van der Waals surface area contributed by atoms with Gasteiger partial charge in [0.05, 0.1) is 12.2 Å². The van der Waals surface area contributed by atoms with Crippen LogP contribution in [0.5, 0.6) is 0 Å². The van der Waals surface area contributed by atoms with Crippen LogP contribution in [0.1, 0.15) is 27.2 Å². The smallest absolute Gasteiger partial charge is 0.339 e. The van der Waals surface area contributed by atoms with Crippen LogP contribution in [0.25, 0.3) is 0 Å². The molecule has 0 radical (unpaired) electrons. The van der Waals surface area contributed by atoms with E-state index in [0.29, 0.717) is 18.7 Å². The fraction of sp³-hybridized carbons (Fsp3) is 0.111. The zero-order chi connectivity index (χ0) is 15.4. The third-order valence-corrected chi connectivity index (χ3v) is 3.47. The predicted molar refractivity (Wildman–Crippen MR) is 84.0 cm³/mol. The molecule has 4 heteroatoms. The maximum absolute atomic E-state index is 11.4. The Hall–Kier alpha value is -2.88. The van der Waals surface area contributed by atoms with E-state index < -0.39 is 5.97 Å². The van der Waals surface area contributed by atoms with E-state index in [-0.39, 0.29) is 5.56 Å². The molecule has 110 valence electrons. The number of benzene rings is 2. The first-order chi connectivity index (χ1) is 10.7. The van der Waals surface area contributed by atoms with E-state index in [1.165, 1.54) is 0 Å². The van der Waals surface area contributed by atoms with Crippen molar-refractivity contribution >= 4 is 5.97 Å². The number of hydrogen-bond donors (Lipinski definition) is 1. The molecule has 1 heterocycles. The van der Waals surface area contributed by atoms with E-state index >= 15 is 0 Å². The van der Waals surface area contributed by atoms with Crippen molar-refractivity contribution in [2.24, 2.45) is 0 Å². The van der Waals surface area contributed by atoms with Gasteiger partial charge < -0.3 is 5.11 Å². The molecule has 3 aromatic rings. The molecule has 0 aliphatic rings. The molecule has 2 aromatic carbocycles. The molecule has 1 aromatic heterocycles. The van der Waals surface area contributed by atoms with Crippen LogP contribution in [0.3, 0.4) is 0 Å². The van der Waals surface area contributed by atoms with Crippen molar-refractivity contribution in [2.75, 3.05) is 0 Å². The highest BCUT2D eigenvalue weighted by molar-refractivity contribution is 5.88. The van der Waals surface area contributed by atoms with Crippen molar-refractivity contribution in [3.8, 4) is 0 Å². The number of carbonyl (C=O) groups is 1. The van der Waals surface area contributed by atoms with Crippen molar-refractivity contribution in [3.63, 3.8) is 0 Å². The third kappa shape index (κ3) is 3.23. The topological polar surface area (TPSA) is 55.1 Å². The first-order valence-corrected chi connectivity index (χ1v) is 7.10. The lowest BCUT2D eigenvalue weighted by molar-refractivity contribution is 0.0696. The molecule has 0 atom stereocenters. The number of nitrogens with zero attached hydrogens (tertiary/aromatic N) is 2. The van der Waals surface area contributed by atoms with E-state index in [4.69, 9.17) is 0 Å². The van der Waals surface area contributed by atoms with Gasteiger partial charge in [0.1, 0.15) is 5.56 Å². The van der Waals surface area contributed by atoms with Crippen molar-refractivity contribution in [2.45, 2.75) is 13.0 Å². The Morgan fingerprint density at radius 1 is 0.955 bits per heavy atom. The van der Waals surface area contributed by atoms with Crippen LogP contribution >= 0.6 is 0 Å². The molecule has 0 aliphatic carbocycles. The molecule has 4 nitrogen and oxygen atoms in total. The molecular weight excluding hydrogens is 276 g/mol. The fourth-order valence-corrected chi connectivity index (χ4v) is 2.41. The van der Waals surface area contributed by atoms with E-state index in [1.807, 2.05) is 60.7 Å². The van der Waals surface area contributed by atoms with E-state index in [9.17, 15) is 9.90 Å². The van der Waals surface area contributed by atoms with Crippen LogP contribution in [0, 0.1) is 0 Å². The molecule has 0 spiro atoms. The first-order valence-electron chi connectivity index (χ1n) is 7.10. The Labute approximate surface area is 128 Å². The second-order valence-electron chi connectivity index (χ2n) is 5.14. The van der Waals surface area contributed by atoms with Gasteiger partial charge in [-0.05, 0) is 11.1 Å². The summed E-state index contributed by atoms with van der Waals surface area (Å²) in [6.07, 6.45) is 2.12. The molecule has 1 N–H and O–H groups in total. The molecule has 0 bridgehead atoms. The molecule has 0 aliphatic heterocycles. The lowest BCUT2D eigenvalue weighted by atomic mass is 10.1. The largest absolute Gasteiger partial charge is 0.478 e. The standard InChI is InChI=1S/C18H16N2O2/c21-18(22)16-13-20(12-15-9-5-2-6-10-15)19-17(16)11-14-7-3-1-4-8-14/h1-10,13H,11-12H2,(H,21,22). The summed E-state index contributed by atoms with van der Waals surface area (Å²) in [6.45, 7) is 0.565. The Morgan fingerprint density at radius 3 is 2.14 bits per heavy atom. The van der Waals surface area contributed by atoms with Crippen LogP contribution in [0.2, 0.25) is 0 Å². The van der Waals surface area contributed by atoms with Crippen LogP contribution in [-0.4, -0.2) is 20.9 Å². The zero-order valence-electron chi connectivity index (χ0n) is 12.0. The van der Waals surface area contributed by atoms with Gasteiger partial charge >= 0.3 is 5.97 Å². The Kier molecular flexibility index (Phi) is 4.01. The maximum Gasteiger partial charge on any atom is 0.339 e. The average molecular weight is 292 g/mol. The summed E-state index contributed by atoms with van der Waals surface area (Å²) in [4.78, 5) is 11.4. The summed E-state index contributed by atoms with van der Waals surface area (Å²) in [6, 6.07) is 19.6. The van der Waals surface area contributed by atoms with Gasteiger partial charge in [0, 0.05) is 12.6 Å². The molecule has 0 saturated carbocycles.